The number of fused-ring (bicyclic) bond motifs is 1. The molecule has 35 heavy (non-hydrogen) atoms. The molecule has 0 saturated carbocycles. The zero-order valence-electron chi connectivity index (χ0n) is 20.3. The van der Waals surface area contributed by atoms with Crippen LogP contribution < -0.4 is 15.6 Å². The third-order valence-corrected chi connectivity index (χ3v) is 6.77. The molecule has 1 unspecified atom stereocenters. The van der Waals surface area contributed by atoms with Gasteiger partial charge in [0.15, 0.2) is 11.3 Å². The predicted octanol–water partition coefficient (Wildman–Crippen LogP) is 5.30. The fourth-order valence-electron chi connectivity index (χ4n) is 4.59. The number of carboxylic acids is 2. The Kier molecular flexibility index (Phi) is 6.32. The summed E-state index contributed by atoms with van der Waals surface area (Å²) >= 11 is 0. The van der Waals surface area contributed by atoms with Gasteiger partial charge in [-0.1, -0.05) is 26.0 Å². The minimum Gasteiger partial charge on any atom is -0.478 e. The maximum absolute atomic E-state index is 13.1. The Hall–Kier alpha value is -3.81. The molecule has 1 aliphatic rings. The van der Waals surface area contributed by atoms with Crippen LogP contribution in [0.1, 0.15) is 71.5 Å². The Bertz CT molecular complexity index is 1330. The van der Waals surface area contributed by atoms with E-state index in [1.54, 1.807) is 13.0 Å². The summed E-state index contributed by atoms with van der Waals surface area (Å²) in [7, 11) is 0. The van der Waals surface area contributed by atoms with Gasteiger partial charge in [0.25, 0.3) is 0 Å². The highest BCUT2D eigenvalue weighted by Crippen LogP contribution is 2.35. The molecule has 0 radical (unpaired) electrons. The van der Waals surface area contributed by atoms with E-state index in [-0.39, 0.29) is 27.7 Å². The largest absolute Gasteiger partial charge is 0.478 e. The third-order valence-electron chi connectivity index (χ3n) is 6.77. The number of para-hydroxylation sites is 1. The molecule has 1 fully saturated rings. The zero-order chi connectivity index (χ0) is 25.5. The van der Waals surface area contributed by atoms with Crippen molar-refractivity contribution in [2.45, 2.75) is 46.6 Å². The van der Waals surface area contributed by atoms with E-state index in [0.29, 0.717) is 22.4 Å². The van der Waals surface area contributed by atoms with E-state index in [4.69, 9.17) is 4.42 Å². The van der Waals surface area contributed by atoms with E-state index in [0.717, 1.165) is 31.5 Å². The average molecular weight is 479 g/mol. The quantitative estimate of drug-likeness (QED) is 0.437. The average Bonchev–Trinajstić information content (AvgIpc) is 2.78. The number of carbonyl (C=O) groups is 2. The van der Waals surface area contributed by atoms with Crippen molar-refractivity contribution in [3.8, 4) is 0 Å². The lowest BCUT2D eigenvalue weighted by molar-refractivity contribution is 0.0696. The summed E-state index contributed by atoms with van der Waals surface area (Å²) in [6, 6.07) is 8.74. The molecule has 8 nitrogen and oxygen atoms in total. The summed E-state index contributed by atoms with van der Waals surface area (Å²) in [4.78, 5) is 38.7. The van der Waals surface area contributed by atoms with Crippen LogP contribution in [0.15, 0.2) is 45.6 Å². The predicted molar refractivity (Wildman–Crippen MR) is 135 cm³/mol. The molecule has 3 aromatic rings. The van der Waals surface area contributed by atoms with E-state index in [1.165, 1.54) is 24.3 Å². The SMILES string of the molecule is Cc1cc(C(C)Nc2c(C(=O)O)cccc2C(=O)O)c2oc(N3CCC(C)(C)CC3)cc(=O)c2c1. The van der Waals surface area contributed by atoms with Crippen molar-refractivity contribution < 1.29 is 24.2 Å². The minimum absolute atomic E-state index is 0.00594. The number of carboxylic acid groups (broad SMARTS) is 2. The second kappa shape index (κ2) is 9.09. The number of anilines is 2. The van der Waals surface area contributed by atoms with Crippen molar-refractivity contribution in [3.63, 3.8) is 0 Å². The van der Waals surface area contributed by atoms with Crippen molar-refractivity contribution in [3.05, 3.63) is 68.9 Å². The minimum atomic E-state index is -1.24. The summed E-state index contributed by atoms with van der Waals surface area (Å²) < 4.78 is 6.30. The lowest BCUT2D eigenvalue weighted by atomic mass is 9.83. The van der Waals surface area contributed by atoms with Crippen molar-refractivity contribution >= 4 is 34.5 Å². The Labute approximate surface area is 203 Å². The van der Waals surface area contributed by atoms with Crippen LogP contribution in [0.3, 0.4) is 0 Å². The first-order valence-corrected chi connectivity index (χ1v) is 11.7. The molecule has 8 heteroatoms. The number of rotatable bonds is 6. The Morgan fingerprint density at radius 1 is 1.06 bits per heavy atom. The first kappa shape index (κ1) is 24.3. The van der Waals surface area contributed by atoms with Crippen LogP contribution in [0.25, 0.3) is 11.0 Å². The van der Waals surface area contributed by atoms with Gasteiger partial charge in [-0.15, -0.1) is 0 Å². The van der Waals surface area contributed by atoms with Gasteiger partial charge >= 0.3 is 11.9 Å². The lowest BCUT2D eigenvalue weighted by Crippen LogP contribution is -2.37. The summed E-state index contributed by atoms with van der Waals surface area (Å²) in [5.41, 5.74) is 1.70. The molecule has 1 aromatic heterocycles. The molecule has 1 atom stereocenters. The molecule has 0 bridgehead atoms. The van der Waals surface area contributed by atoms with Crippen molar-refractivity contribution in [2.24, 2.45) is 5.41 Å². The van der Waals surface area contributed by atoms with Crippen LogP contribution in [0.4, 0.5) is 11.6 Å². The highest BCUT2D eigenvalue weighted by Gasteiger charge is 2.28. The summed E-state index contributed by atoms with van der Waals surface area (Å²) in [5, 5.41) is 22.8. The molecule has 2 aromatic carbocycles. The van der Waals surface area contributed by atoms with E-state index in [2.05, 4.69) is 24.1 Å². The Morgan fingerprint density at radius 2 is 1.66 bits per heavy atom. The number of nitrogens with one attached hydrogen (secondary N) is 1. The number of aryl methyl sites for hydroxylation is 1. The molecule has 1 saturated heterocycles. The van der Waals surface area contributed by atoms with Crippen LogP contribution in [-0.4, -0.2) is 35.2 Å². The molecule has 1 aliphatic heterocycles. The van der Waals surface area contributed by atoms with E-state index < -0.39 is 18.0 Å². The highest BCUT2D eigenvalue weighted by molar-refractivity contribution is 6.03. The molecule has 2 heterocycles. The van der Waals surface area contributed by atoms with Crippen LogP contribution in [0.2, 0.25) is 0 Å². The Balaban J connectivity index is 1.80. The van der Waals surface area contributed by atoms with Crippen LogP contribution in [-0.2, 0) is 0 Å². The van der Waals surface area contributed by atoms with Gasteiger partial charge < -0.3 is 24.8 Å². The molecular formula is C27H30N2O6. The number of benzene rings is 2. The maximum Gasteiger partial charge on any atom is 0.337 e. The number of nitrogens with zero attached hydrogens (tertiary/aromatic N) is 1. The molecule has 0 spiro atoms. The van der Waals surface area contributed by atoms with Crippen molar-refractivity contribution in [2.75, 3.05) is 23.3 Å². The number of hydrogen-bond acceptors (Lipinski definition) is 6. The number of aromatic carboxylic acids is 2. The molecular weight excluding hydrogens is 448 g/mol. The van der Waals surface area contributed by atoms with E-state index in [1.807, 2.05) is 13.0 Å². The van der Waals surface area contributed by atoms with E-state index in [9.17, 15) is 24.6 Å². The van der Waals surface area contributed by atoms with Gasteiger partial charge in [-0.25, -0.2) is 9.59 Å². The number of hydrogen-bond donors (Lipinski definition) is 3. The van der Waals surface area contributed by atoms with Gasteiger partial charge in [0.2, 0.25) is 0 Å². The first-order valence-electron chi connectivity index (χ1n) is 11.7. The first-order chi connectivity index (χ1) is 16.5. The normalized spacial score (nSPS) is 16.2. The molecule has 0 aliphatic carbocycles. The number of piperidine rings is 1. The molecule has 0 amide bonds. The van der Waals surface area contributed by atoms with Gasteiger partial charge in [0, 0.05) is 24.7 Å². The molecule has 3 N–H and O–H groups in total. The molecule has 184 valence electrons. The monoisotopic (exact) mass is 478 g/mol. The van der Waals surface area contributed by atoms with Crippen molar-refractivity contribution in [1.82, 2.24) is 0 Å². The van der Waals surface area contributed by atoms with Crippen LogP contribution >= 0.6 is 0 Å². The Morgan fingerprint density at radius 3 is 2.23 bits per heavy atom. The van der Waals surface area contributed by atoms with Gasteiger partial charge in [0.05, 0.1) is 28.2 Å². The van der Waals surface area contributed by atoms with Gasteiger partial charge in [0.1, 0.15) is 5.58 Å². The van der Waals surface area contributed by atoms with Crippen LogP contribution in [0, 0.1) is 12.3 Å². The fourth-order valence-corrected chi connectivity index (χ4v) is 4.59. The lowest BCUT2D eigenvalue weighted by Gasteiger charge is -2.37. The second-order valence-electron chi connectivity index (χ2n) is 10.0. The highest BCUT2D eigenvalue weighted by atomic mass is 16.4. The van der Waals surface area contributed by atoms with Gasteiger partial charge in [-0.3, -0.25) is 4.79 Å². The molecule has 4 rings (SSSR count). The maximum atomic E-state index is 13.1. The zero-order valence-corrected chi connectivity index (χ0v) is 20.3. The van der Waals surface area contributed by atoms with Crippen LogP contribution in [0.5, 0.6) is 0 Å². The van der Waals surface area contributed by atoms with Crippen molar-refractivity contribution in [1.29, 1.82) is 0 Å². The fraction of sp³-hybridized carbons (Fsp3) is 0.370. The summed E-state index contributed by atoms with van der Waals surface area (Å²) in [6.07, 6.45) is 1.97. The van der Waals surface area contributed by atoms with Gasteiger partial charge in [-0.2, -0.15) is 0 Å². The summed E-state index contributed by atoms with van der Waals surface area (Å²) in [6.45, 7) is 9.68. The topological polar surface area (TPSA) is 120 Å². The van der Waals surface area contributed by atoms with E-state index >= 15 is 0 Å². The van der Waals surface area contributed by atoms with Gasteiger partial charge in [-0.05, 0) is 55.9 Å². The summed E-state index contributed by atoms with van der Waals surface area (Å²) in [5.74, 6) is -1.97. The third kappa shape index (κ3) is 4.87. The smallest absolute Gasteiger partial charge is 0.337 e. The standard InChI is InChI=1S/C27H30N2O6/c1-15-12-19(16(2)28-23-17(25(31)32)6-5-7-18(23)26(33)34)24-20(13-15)21(30)14-22(35-24)29-10-8-27(3,4)9-11-29/h5-7,12-14,16,28H,8-11H2,1-4H3,(H,31,32)(H,33,34). The second-order valence-corrected chi connectivity index (χ2v) is 10.0.